The summed E-state index contributed by atoms with van der Waals surface area (Å²) in [5.41, 5.74) is 7.26. The van der Waals surface area contributed by atoms with Gasteiger partial charge in [0, 0.05) is 31.7 Å². The van der Waals surface area contributed by atoms with E-state index in [1.165, 1.54) is 64.0 Å². The summed E-state index contributed by atoms with van der Waals surface area (Å²) in [5, 5.41) is 11.4. The Kier molecular flexibility index (Phi) is 10.4. The van der Waals surface area contributed by atoms with E-state index in [-0.39, 0.29) is 11.6 Å². The van der Waals surface area contributed by atoms with Crippen LogP contribution in [0.4, 0.5) is 11.4 Å². The Morgan fingerprint density at radius 1 is 0.636 bits per heavy atom. The Morgan fingerprint density at radius 2 is 1.20 bits per heavy atom. The standard InChI is InChI=1S/C21H19N5O.C11H13ClN4.C10H7NO/c1-22-14-8-7-13-9-18(27)19(16(13)10-14)20-17-11-26(15-5-3-2-4-6-15)25-21(17)24-12-23-20;12-10-9-6-16(8-4-2-1-3-5-8)15-11(9)14-7-13-10;1-11-9-3-2-7-5-10(12)6-8(7)4-9/h7-8,10-12,15,19H,2-6,9H2;6-8H,1-5H2;2-4H,5-6H2. The number of hydrogen-bond donors (Lipinski definition) is 0. The molecule has 1 unspecified atom stereocenters. The number of aromatic nitrogens is 8. The summed E-state index contributed by atoms with van der Waals surface area (Å²) in [7, 11) is 0. The number of benzene rings is 2. The Labute approximate surface area is 323 Å². The molecule has 4 aromatic heterocycles. The van der Waals surface area contributed by atoms with Gasteiger partial charge in [0.1, 0.15) is 23.6 Å². The predicted octanol–water partition coefficient (Wildman–Crippen LogP) is 9.03. The molecule has 0 amide bonds. The van der Waals surface area contributed by atoms with E-state index < -0.39 is 5.92 Å². The van der Waals surface area contributed by atoms with Crippen LogP contribution in [-0.4, -0.2) is 51.1 Å². The van der Waals surface area contributed by atoms with Gasteiger partial charge in [-0.05, 0) is 47.9 Å². The molecule has 2 saturated carbocycles. The van der Waals surface area contributed by atoms with Crippen LogP contribution in [0.5, 0.6) is 0 Å². The first-order valence-electron chi connectivity index (χ1n) is 19.0. The van der Waals surface area contributed by atoms with Crippen LogP contribution >= 0.6 is 11.6 Å². The first-order chi connectivity index (χ1) is 26.9. The van der Waals surface area contributed by atoms with Crippen molar-refractivity contribution in [2.45, 2.75) is 101 Å². The van der Waals surface area contributed by atoms with Crippen molar-refractivity contribution in [3.05, 3.63) is 117 Å². The number of Topliss-reactive ketones (excluding diaryl/α,β-unsaturated/α-hetero) is 2. The summed E-state index contributed by atoms with van der Waals surface area (Å²) >= 11 is 6.00. The number of nitrogens with zero attached hydrogens (tertiary/aromatic N) is 10. The second-order valence-corrected chi connectivity index (χ2v) is 15.1. The highest BCUT2D eigenvalue weighted by Gasteiger charge is 2.35. The van der Waals surface area contributed by atoms with E-state index in [1.807, 2.05) is 46.0 Å². The van der Waals surface area contributed by atoms with Crippen molar-refractivity contribution >= 4 is 56.6 Å². The first kappa shape index (κ1) is 36.1. The number of rotatable bonds is 3. The van der Waals surface area contributed by atoms with Gasteiger partial charge in [0.05, 0.1) is 47.6 Å². The molecule has 4 aliphatic rings. The Morgan fingerprint density at radius 3 is 1.84 bits per heavy atom. The van der Waals surface area contributed by atoms with Gasteiger partial charge in [-0.3, -0.25) is 19.0 Å². The van der Waals surface area contributed by atoms with Crippen LogP contribution in [0.25, 0.3) is 31.8 Å². The normalized spacial score (nSPS) is 18.1. The van der Waals surface area contributed by atoms with Gasteiger partial charge in [0.2, 0.25) is 0 Å². The molecule has 276 valence electrons. The Bertz CT molecular complexity index is 2500. The molecule has 0 aliphatic heterocycles. The summed E-state index contributed by atoms with van der Waals surface area (Å²) in [6, 6.07) is 11.9. The van der Waals surface area contributed by atoms with Gasteiger partial charge in [-0.2, -0.15) is 10.2 Å². The molecule has 4 aliphatic carbocycles. The van der Waals surface area contributed by atoms with Crippen molar-refractivity contribution in [1.29, 1.82) is 0 Å². The average Bonchev–Trinajstić information content (AvgIpc) is 4.02. The lowest BCUT2D eigenvalue weighted by molar-refractivity contribution is -0.118. The van der Waals surface area contributed by atoms with Crippen molar-refractivity contribution in [2.24, 2.45) is 0 Å². The third-order valence-corrected chi connectivity index (χ3v) is 11.5. The number of ketones is 2. The molecule has 0 N–H and O–H groups in total. The van der Waals surface area contributed by atoms with E-state index in [2.05, 4.69) is 39.8 Å². The van der Waals surface area contributed by atoms with E-state index in [9.17, 15) is 9.59 Å². The van der Waals surface area contributed by atoms with Crippen molar-refractivity contribution in [3.63, 3.8) is 0 Å². The summed E-state index contributed by atoms with van der Waals surface area (Å²) in [6.45, 7) is 14.1. The zero-order valence-electron chi connectivity index (χ0n) is 30.4. The minimum absolute atomic E-state index is 0.123. The zero-order chi connectivity index (χ0) is 37.9. The SMILES string of the molecule is Clc1ncnc2nn(C3CCCCC3)cc12.[C-]#[N+]c1ccc2c(c1)C(c1ncnc3nn(C4CCCCC4)cc13)C(=O)C2.[C-]#[N+]c1ccc2c(c1)CC(=O)C2. The average molecular weight is 751 g/mol. The zero-order valence-corrected chi connectivity index (χ0v) is 31.1. The highest BCUT2D eigenvalue weighted by atomic mass is 35.5. The van der Waals surface area contributed by atoms with Crippen LogP contribution in [-0.2, 0) is 28.9 Å². The predicted molar refractivity (Wildman–Crippen MR) is 208 cm³/mol. The highest BCUT2D eigenvalue weighted by molar-refractivity contribution is 6.33. The van der Waals surface area contributed by atoms with E-state index in [0.29, 0.717) is 64.9 Å². The van der Waals surface area contributed by atoms with E-state index in [0.717, 1.165) is 45.9 Å². The summed E-state index contributed by atoms with van der Waals surface area (Å²) in [6.07, 6.45) is 20.8. The monoisotopic (exact) mass is 750 g/mol. The van der Waals surface area contributed by atoms with E-state index in [4.69, 9.17) is 24.7 Å². The first-order valence-corrected chi connectivity index (χ1v) is 19.4. The number of carbonyl (C=O) groups excluding carboxylic acids is 2. The quantitative estimate of drug-likeness (QED) is 0.129. The molecule has 4 heterocycles. The molecule has 0 radical (unpaired) electrons. The minimum atomic E-state index is -0.434. The second kappa shape index (κ2) is 15.9. The maximum atomic E-state index is 12.8. The molecule has 10 rings (SSSR count). The molecule has 2 fully saturated rings. The smallest absolute Gasteiger partial charge is 0.187 e. The highest BCUT2D eigenvalue weighted by Crippen LogP contribution is 2.40. The largest absolute Gasteiger partial charge is 0.299 e. The molecule has 0 bridgehead atoms. The van der Waals surface area contributed by atoms with E-state index >= 15 is 0 Å². The number of halogens is 1. The molecule has 0 spiro atoms. The van der Waals surface area contributed by atoms with Gasteiger partial charge in [-0.25, -0.2) is 29.6 Å². The third-order valence-electron chi connectivity index (χ3n) is 11.2. The maximum Gasteiger partial charge on any atom is 0.187 e. The molecular formula is C42H39ClN10O2. The van der Waals surface area contributed by atoms with Crippen molar-refractivity contribution in [1.82, 2.24) is 39.5 Å². The fourth-order valence-electron chi connectivity index (χ4n) is 8.35. The molecule has 12 nitrogen and oxygen atoms in total. The van der Waals surface area contributed by atoms with Gasteiger partial charge in [-0.15, -0.1) is 0 Å². The lowest BCUT2D eigenvalue weighted by Gasteiger charge is -2.21. The fraction of sp³-hybridized carbons (Fsp3) is 0.381. The molecule has 6 aromatic rings. The number of carbonyl (C=O) groups is 2. The number of fused-ring (bicyclic) bond motifs is 4. The third kappa shape index (κ3) is 7.60. The fourth-order valence-corrected chi connectivity index (χ4v) is 8.52. The summed E-state index contributed by atoms with van der Waals surface area (Å²) in [4.78, 5) is 47.6. The topological polar surface area (TPSA) is 130 Å². The van der Waals surface area contributed by atoms with Gasteiger partial charge < -0.3 is 0 Å². The summed E-state index contributed by atoms with van der Waals surface area (Å²) < 4.78 is 4.04. The lowest BCUT2D eigenvalue weighted by Crippen LogP contribution is -2.13. The maximum absolute atomic E-state index is 12.8. The van der Waals surface area contributed by atoms with Crippen molar-refractivity contribution in [3.8, 4) is 0 Å². The van der Waals surface area contributed by atoms with Crippen LogP contribution in [0.2, 0.25) is 5.15 Å². The van der Waals surface area contributed by atoms with Crippen LogP contribution < -0.4 is 0 Å². The molecule has 2 aromatic carbocycles. The van der Waals surface area contributed by atoms with Crippen LogP contribution in [0.15, 0.2) is 61.4 Å². The van der Waals surface area contributed by atoms with Crippen LogP contribution in [0.3, 0.4) is 0 Å². The van der Waals surface area contributed by atoms with Crippen LogP contribution in [0, 0.1) is 13.1 Å². The van der Waals surface area contributed by atoms with Gasteiger partial charge in [-0.1, -0.05) is 86.5 Å². The van der Waals surface area contributed by atoms with Gasteiger partial charge >= 0.3 is 0 Å². The Balaban J connectivity index is 0.000000129. The van der Waals surface area contributed by atoms with Crippen molar-refractivity contribution < 1.29 is 9.59 Å². The van der Waals surface area contributed by atoms with E-state index in [1.54, 1.807) is 12.1 Å². The molecule has 55 heavy (non-hydrogen) atoms. The lowest BCUT2D eigenvalue weighted by atomic mass is 9.94. The van der Waals surface area contributed by atoms with Crippen LogP contribution in [0.1, 0.15) is 110 Å². The molecule has 13 heteroatoms. The molecule has 0 saturated heterocycles. The second-order valence-electron chi connectivity index (χ2n) is 14.7. The number of hydrogen-bond acceptors (Lipinski definition) is 8. The van der Waals surface area contributed by atoms with Gasteiger partial charge in [0.25, 0.3) is 0 Å². The minimum Gasteiger partial charge on any atom is -0.299 e. The molecule has 1 atom stereocenters. The summed E-state index contributed by atoms with van der Waals surface area (Å²) in [5.74, 6) is -0.0547. The Hall–Kier alpha value is -5.85. The molecular weight excluding hydrogens is 712 g/mol. The van der Waals surface area contributed by atoms with Crippen molar-refractivity contribution in [2.75, 3.05) is 0 Å². The van der Waals surface area contributed by atoms with Gasteiger partial charge in [0.15, 0.2) is 28.5 Å².